The van der Waals surface area contributed by atoms with Crippen LogP contribution in [0.5, 0.6) is 5.75 Å². The van der Waals surface area contributed by atoms with E-state index in [0.29, 0.717) is 23.8 Å². The fourth-order valence-electron chi connectivity index (χ4n) is 3.54. The molecule has 0 unspecified atom stereocenters. The second-order valence-electron chi connectivity index (χ2n) is 7.98. The zero-order valence-corrected chi connectivity index (χ0v) is 18.8. The summed E-state index contributed by atoms with van der Waals surface area (Å²) in [5, 5.41) is 3.44. The molecule has 7 heteroatoms. The number of hydrogen-bond donors (Lipinski definition) is 1. The van der Waals surface area contributed by atoms with Crippen molar-refractivity contribution >= 4 is 22.8 Å². The number of fused-ring (bicyclic) bond motifs is 1. The number of ketones is 1. The van der Waals surface area contributed by atoms with Crippen molar-refractivity contribution in [2.45, 2.75) is 33.2 Å². The van der Waals surface area contributed by atoms with Gasteiger partial charge in [-0.2, -0.15) is 0 Å². The quantitative estimate of drug-likeness (QED) is 0.400. The van der Waals surface area contributed by atoms with E-state index in [0.717, 1.165) is 28.9 Å². The summed E-state index contributed by atoms with van der Waals surface area (Å²) < 4.78 is 7.26. The molecule has 164 valence electrons. The first-order chi connectivity index (χ1) is 15.5. The summed E-state index contributed by atoms with van der Waals surface area (Å²) in [6.07, 6.45) is 2.63. The first kappa shape index (κ1) is 21.5. The van der Waals surface area contributed by atoms with Crippen LogP contribution in [0.1, 0.15) is 42.7 Å². The number of imidazole rings is 1. The number of hydrogen-bond acceptors (Lipinski definition) is 6. The zero-order valence-electron chi connectivity index (χ0n) is 18.8. The monoisotopic (exact) mass is 429 g/mol. The molecule has 0 aliphatic carbocycles. The van der Waals surface area contributed by atoms with Gasteiger partial charge in [0.05, 0.1) is 13.4 Å². The van der Waals surface area contributed by atoms with E-state index in [1.165, 1.54) is 5.56 Å². The van der Waals surface area contributed by atoms with Crippen LogP contribution in [0.3, 0.4) is 0 Å². The summed E-state index contributed by atoms with van der Waals surface area (Å²) in [5.41, 5.74) is 4.14. The smallest absolute Gasteiger partial charge is 0.166 e. The largest absolute Gasteiger partial charge is 0.497 e. The minimum absolute atomic E-state index is 0.0120. The lowest BCUT2D eigenvalue weighted by atomic mass is 10.1. The maximum atomic E-state index is 11.9. The number of anilines is 1. The lowest BCUT2D eigenvalue weighted by Gasteiger charge is -2.12. The molecule has 4 aromatic rings. The predicted molar refractivity (Wildman–Crippen MR) is 126 cm³/mol. The van der Waals surface area contributed by atoms with Crippen molar-refractivity contribution in [3.8, 4) is 17.1 Å². The van der Waals surface area contributed by atoms with E-state index in [9.17, 15) is 4.79 Å². The molecule has 0 bridgehead atoms. The molecule has 2 heterocycles. The molecule has 0 aliphatic rings. The Morgan fingerprint density at radius 3 is 2.59 bits per heavy atom. The van der Waals surface area contributed by atoms with E-state index in [4.69, 9.17) is 14.7 Å². The summed E-state index contributed by atoms with van der Waals surface area (Å²) >= 11 is 0. The molecule has 1 N–H and O–H groups in total. The number of ether oxygens (including phenoxy) is 1. The number of rotatable bonds is 8. The van der Waals surface area contributed by atoms with Gasteiger partial charge < -0.3 is 14.6 Å². The molecule has 7 nitrogen and oxygen atoms in total. The van der Waals surface area contributed by atoms with Gasteiger partial charge in [0, 0.05) is 23.7 Å². The predicted octanol–water partition coefficient (Wildman–Crippen LogP) is 4.94. The van der Waals surface area contributed by atoms with Gasteiger partial charge in [0.2, 0.25) is 0 Å². The maximum absolute atomic E-state index is 11.9. The van der Waals surface area contributed by atoms with Crippen LogP contribution in [-0.2, 0) is 6.42 Å². The van der Waals surface area contributed by atoms with Crippen LogP contribution in [0.15, 0.2) is 54.9 Å². The number of benzene rings is 2. The molecule has 2 aromatic carbocycles. The molecule has 0 amide bonds. The third-order valence-corrected chi connectivity index (χ3v) is 5.37. The standard InChI is InChI=1S/C25H27N5O2/c1-16(2)30-15-27-22-24(26-13-12-18-8-10-21(32-4)11-9-18)28-23(29-25(22)30)20-7-5-6-19(14-20)17(3)31/h5-11,14-16H,12-13H2,1-4H3,(H,26,28,29). The van der Waals surface area contributed by atoms with E-state index in [1.54, 1.807) is 26.4 Å². The van der Waals surface area contributed by atoms with Gasteiger partial charge in [-0.1, -0.05) is 30.3 Å². The topological polar surface area (TPSA) is 81.9 Å². The Morgan fingerprint density at radius 1 is 1.12 bits per heavy atom. The van der Waals surface area contributed by atoms with Gasteiger partial charge in [0.1, 0.15) is 11.3 Å². The highest BCUT2D eigenvalue weighted by molar-refractivity contribution is 5.95. The maximum Gasteiger partial charge on any atom is 0.166 e. The summed E-state index contributed by atoms with van der Waals surface area (Å²) in [4.78, 5) is 26.0. The Kier molecular flexibility index (Phi) is 6.16. The van der Waals surface area contributed by atoms with Crippen molar-refractivity contribution in [3.63, 3.8) is 0 Å². The third kappa shape index (κ3) is 4.46. The van der Waals surface area contributed by atoms with Crippen LogP contribution in [0, 0.1) is 0 Å². The number of nitrogens with zero attached hydrogens (tertiary/aromatic N) is 4. The highest BCUT2D eigenvalue weighted by atomic mass is 16.5. The van der Waals surface area contributed by atoms with Crippen molar-refractivity contribution in [2.24, 2.45) is 0 Å². The van der Waals surface area contributed by atoms with Crippen molar-refractivity contribution in [3.05, 3.63) is 66.0 Å². The van der Waals surface area contributed by atoms with Gasteiger partial charge in [-0.25, -0.2) is 15.0 Å². The highest BCUT2D eigenvalue weighted by Gasteiger charge is 2.16. The molecule has 0 aliphatic heterocycles. The van der Waals surface area contributed by atoms with Crippen LogP contribution in [0.2, 0.25) is 0 Å². The number of nitrogens with one attached hydrogen (secondary N) is 1. The van der Waals surface area contributed by atoms with Crippen molar-refractivity contribution in [1.29, 1.82) is 0 Å². The summed E-state index contributed by atoms with van der Waals surface area (Å²) in [6.45, 7) is 6.44. The Bertz CT molecular complexity index is 1250. The Morgan fingerprint density at radius 2 is 1.91 bits per heavy atom. The minimum atomic E-state index is 0.0120. The average molecular weight is 430 g/mol. The first-order valence-electron chi connectivity index (χ1n) is 10.7. The zero-order chi connectivity index (χ0) is 22.7. The van der Waals surface area contributed by atoms with E-state index in [1.807, 2.05) is 34.9 Å². The SMILES string of the molecule is COc1ccc(CCNc2nc(-c3cccc(C(C)=O)c3)nc3c2ncn3C(C)C)cc1. The van der Waals surface area contributed by atoms with E-state index < -0.39 is 0 Å². The molecule has 0 fully saturated rings. The molecule has 0 spiro atoms. The molecule has 32 heavy (non-hydrogen) atoms. The highest BCUT2D eigenvalue weighted by Crippen LogP contribution is 2.26. The van der Waals surface area contributed by atoms with Gasteiger partial charge >= 0.3 is 0 Å². The molecule has 0 atom stereocenters. The summed E-state index contributed by atoms with van der Waals surface area (Å²) in [7, 11) is 1.66. The molecule has 0 saturated heterocycles. The van der Waals surface area contributed by atoms with Crippen LogP contribution in [0.25, 0.3) is 22.6 Å². The minimum Gasteiger partial charge on any atom is -0.497 e. The summed E-state index contributed by atoms with van der Waals surface area (Å²) in [5.74, 6) is 2.11. The van der Waals surface area contributed by atoms with Crippen LogP contribution in [0.4, 0.5) is 5.82 Å². The number of Topliss-reactive ketones (excluding diaryl/α,β-unsaturated/α-hetero) is 1. The molecule has 0 radical (unpaired) electrons. The number of methoxy groups -OCH3 is 1. The fraction of sp³-hybridized carbons (Fsp3) is 0.280. The van der Waals surface area contributed by atoms with Crippen LogP contribution >= 0.6 is 0 Å². The molecular formula is C25H27N5O2. The first-order valence-corrected chi connectivity index (χ1v) is 10.7. The molecule has 4 rings (SSSR count). The van der Waals surface area contributed by atoms with Crippen molar-refractivity contribution in [2.75, 3.05) is 19.0 Å². The number of carbonyl (C=O) groups excluding carboxylic acids is 1. The Balaban J connectivity index is 1.67. The molecule has 0 saturated carbocycles. The lowest BCUT2D eigenvalue weighted by molar-refractivity contribution is 0.101. The Labute approximate surface area is 187 Å². The van der Waals surface area contributed by atoms with Crippen LogP contribution < -0.4 is 10.1 Å². The fourth-order valence-corrected chi connectivity index (χ4v) is 3.54. The lowest BCUT2D eigenvalue weighted by Crippen LogP contribution is -2.09. The molecular weight excluding hydrogens is 402 g/mol. The normalized spacial score (nSPS) is 11.2. The van der Waals surface area contributed by atoms with E-state index in [2.05, 4.69) is 36.3 Å². The number of aromatic nitrogens is 4. The third-order valence-electron chi connectivity index (χ3n) is 5.37. The van der Waals surface area contributed by atoms with Gasteiger partial charge in [-0.15, -0.1) is 0 Å². The summed E-state index contributed by atoms with van der Waals surface area (Å²) in [6, 6.07) is 15.7. The van der Waals surface area contributed by atoms with Gasteiger partial charge in [-0.05, 0) is 51.0 Å². The second-order valence-corrected chi connectivity index (χ2v) is 7.98. The second kappa shape index (κ2) is 9.18. The number of carbonyl (C=O) groups is 1. The molecule has 2 aromatic heterocycles. The van der Waals surface area contributed by atoms with Gasteiger partial charge in [0.25, 0.3) is 0 Å². The average Bonchev–Trinajstić information content (AvgIpc) is 3.24. The van der Waals surface area contributed by atoms with Crippen molar-refractivity contribution < 1.29 is 9.53 Å². The van der Waals surface area contributed by atoms with Crippen LogP contribution in [-0.4, -0.2) is 39.0 Å². The van der Waals surface area contributed by atoms with Gasteiger partial charge in [0.15, 0.2) is 23.1 Å². The van der Waals surface area contributed by atoms with Gasteiger partial charge in [-0.3, -0.25) is 4.79 Å². The Hall–Kier alpha value is -3.74. The van der Waals surface area contributed by atoms with E-state index >= 15 is 0 Å². The van der Waals surface area contributed by atoms with Crippen molar-refractivity contribution in [1.82, 2.24) is 19.5 Å². The van der Waals surface area contributed by atoms with E-state index in [-0.39, 0.29) is 11.8 Å².